The van der Waals surface area contributed by atoms with Crippen LogP contribution in [0.3, 0.4) is 0 Å². The van der Waals surface area contributed by atoms with Crippen molar-refractivity contribution in [1.29, 1.82) is 0 Å². The zero-order valence-corrected chi connectivity index (χ0v) is 14.3. The first-order chi connectivity index (χ1) is 11.9. The number of carbonyl (C=O) groups excluding carboxylic acids is 1. The van der Waals surface area contributed by atoms with Gasteiger partial charge < -0.3 is 5.32 Å². The number of carbonyl (C=O) groups is 1. The van der Waals surface area contributed by atoms with Gasteiger partial charge in [-0.05, 0) is 29.8 Å². The topological polar surface area (TPSA) is 94.0 Å². The van der Waals surface area contributed by atoms with E-state index in [-0.39, 0.29) is 11.7 Å². The maximum absolute atomic E-state index is 12.5. The molecule has 0 saturated carbocycles. The molecule has 0 atom stereocenters. The molecule has 1 heterocycles. The molecular formula is C17H16N4O3S. The fourth-order valence-corrected chi connectivity index (χ4v) is 3.20. The van der Waals surface area contributed by atoms with Gasteiger partial charge in [0.2, 0.25) is 0 Å². The molecule has 0 aliphatic carbocycles. The number of hydrogen-bond acceptors (Lipinski definition) is 5. The van der Waals surface area contributed by atoms with Crippen LogP contribution >= 0.6 is 0 Å². The predicted molar refractivity (Wildman–Crippen MR) is 94.3 cm³/mol. The van der Waals surface area contributed by atoms with Crippen LogP contribution in [0.1, 0.15) is 15.9 Å². The predicted octanol–water partition coefficient (Wildman–Crippen LogP) is 2.06. The third-order valence-electron chi connectivity index (χ3n) is 3.44. The van der Waals surface area contributed by atoms with Gasteiger partial charge in [0, 0.05) is 11.8 Å². The second-order valence-corrected chi connectivity index (χ2v) is 7.72. The largest absolute Gasteiger partial charge is 0.320 e. The molecule has 3 aromatic rings. The molecular weight excluding hydrogens is 340 g/mol. The number of hydrogen-bond donors (Lipinski definition) is 1. The van der Waals surface area contributed by atoms with Crippen LogP contribution in [0.5, 0.6) is 0 Å². The summed E-state index contributed by atoms with van der Waals surface area (Å²) in [5, 5.41) is 6.90. The molecule has 1 N–H and O–H groups in total. The standard InChI is InChI=1S/C17H16N4O3S/c1-25(23,24)10-13-5-4-6-14(9-13)17(22)20-15-7-2-3-8-16(15)21-12-18-11-19-21/h2-9,11-12H,10H2,1H3,(H,20,22). The number of para-hydroxylation sites is 2. The van der Waals surface area contributed by atoms with E-state index in [1.54, 1.807) is 41.1 Å². The number of rotatable bonds is 5. The third-order valence-corrected chi connectivity index (χ3v) is 4.29. The lowest BCUT2D eigenvalue weighted by molar-refractivity contribution is 0.102. The first-order valence-corrected chi connectivity index (χ1v) is 9.50. The van der Waals surface area contributed by atoms with Crippen LogP contribution in [0.25, 0.3) is 5.69 Å². The van der Waals surface area contributed by atoms with E-state index in [2.05, 4.69) is 15.4 Å². The van der Waals surface area contributed by atoms with Gasteiger partial charge in [-0.2, -0.15) is 5.10 Å². The molecule has 2 aromatic carbocycles. The second-order valence-electron chi connectivity index (χ2n) is 5.58. The van der Waals surface area contributed by atoms with Gasteiger partial charge in [-0.25, -0.2) is 18.1 Å². The van der Waals surface area contributed by atoms with Crippen molar-refractivity contribution >= 4 is 21.4 Å². The van der Waals surface area contributed by atoms with Gasteiger partial charge in [0.25, 0.3) is 5.91 Å². The molecule has 0 fully saturated rings. The van der Waals surface area contributed by atoms with Crippen molar-refractivity contribution in [3.63, 3.8) is 0 Å². The SMILES string of the molecule is CS(=O)(=O)Cc1cccc(C(=O)Nc2ccccc2-n2cncn2)c1. The number of benzene rings is 2. The van der Waals surface area contributed by atoms with Gasteiger partial charge in [0.1, 0.15) is 12.7 Å². The fourth-order valence-electron chi connectivity index (χ4n) is 2.41. The van der Waals surface area contributed by atoms with Crippen LogP contribution in [0.4, 0.5) is 5.69 Å². The zero-order chi connectivity index (χ0) is 17.9. The fraction of sp³-hybridized carbons (Fsp3) is 0.118. The van der Waals surface area contributed by atoms with Crippen molar-refractivity contribution in [3.8, 4) is 5.69 Å². The monoisotopic (exact) mass is 356 g/mol. The summed E-state index contributed by atoms with van der Waals surface area (Å²) in [4.78, 5) is 16.5. The Kier molecular flexibility index (Phi) is 4.62. The highest BCUT2D eigenvalue weighted by Crippen LogP contribution is 2.20. The molecule has 25 heavy (non-hydrogen) atoms. The van der Waals surface area contributed by atoms with E-state index in [0.717, 1.165) is 6.26 Å². The Morgan fingerprint density at radius 3 is 2.68 bits per heavy atom. The van der Waals surface area contributed by atoms with Gasteiger partial charge in [0.15, 0.2) is 9.84 Å². The Morgan fingerprint density at radius 1 is 1.16 bits per heavy atom. The maximum Gasteiger partial charge on any atom is 0.255 e. The van der Waals surface area contributed by atoms with Gasteiger partial charge in [0.05, 0.1) is 17.1 Å². The van der Waals surface area contributed by atoms with E-state index in [1.165, 1.54) is 12.7 Å². The van der Waals surface area contributed by atoms with Crippen LogP contribution in [0.15, 0.2) is 61.2 Å². The molecule has 0 spiro atoms. The lowest BCUT2D eigenvalue weighted by Gasteiger charge is -2.11. The Bertz CT molecular complexity index is 998. The van der Waals surface area contributed by atoms with Crippen molar-refractivity contribution in [2.24, 2.45) is 0 Å². The smallest absolute Gasteiger partial charge is 0.255 e. The average Bonchev–Trinajstić information content (AvgIpc) is 3.08. The maximum atomic E-state index is 12.5. The minimum Gasteiger partial charge on any atom is -0.320 e. The zero-order valence-electron chi connectivity index (χ0n) is 13.5. The third kappa shape index (κ3) is 4.30. The van der Waals surface area contributed by atoms with Crippen LogP contribution in [-0.4, -0.2) is 35.3 Å². The van der Waals surface area contributed by atoms with Gasteiger partial charge in [-0.1, -0.05) is 24.3 Å². The van der Waals surface area contributed by atoms with Gasteiger partial charge in [-0.3, -0.25) is 4.79 Å². The highest BCUT2D eigenvalue weighted by atomic mass is 32.2. The Hall–Kier alpha value is -3.00. The molecule has 0 aliphatic heterocycles. The van der Waals surface area contributed by atoms with E-state index < -0.39 is 9.84 Å². The lowest BCUT2D eigenvalue weighted by Crippen LogP contribution is -2.14. The number of anilines is 1. The average molecular weight is 356 g/mol. The van der Waals surface area contributed by atoms with E-state index in [4.69, 9.17) is 0 Å². The molecule has 0 unspecified atom stereocenters. The van der Waals surface area contributed by atoms with E-state index in [9.17, 15) is 13.2 Å². The van der Waals surface area contributed by atoms with Crippen LogP contribution in [-0.2, 0) is 15.6 Å². The molecule has 0 saturated heterocycles. The van der Waals surface area contributed by atoms with Gasteiger partial charge in [-0.15, -0.1) is 0 Å². The van der Waals surface area contributed by atoms with Crippen molar-refractivity contribution in [2.45, 2.75) is 5.75 Å². The van der Waals surface area contributed by atoms with Crippen molar-refractivity contribution < 1.29 is 13.2 Å². The summed E-state index contributed by atoms with van der Waals surface area (Å²) in [6.45, 7) is 0. The number of nitrogens with one attached hydrogen (secondary N) is 1. The highest BCUT2D eigenvalue weighted by Gasteiger charge is 2.12. The Balaban J connectivity index is 1.85. The second kappa shape index (κ2) is 6.86. The first kappa shape index (κ1) is 16.8. The molecule has 3 rings (SSSR count). The molecule has 128 valence electrons. The summed E-state index contributed by atoms with van der Waals surface area (Å²) in [6, 6.07) is 13.8. The van der Waals surface area contributed by atoms with E-state index >= 15 is 0 Å². The summed E-state index contributed by atoms with van der Waals surface area (Å²) >= 11 is 0. The Morgan fingerprint density at radius 2 is 1.96 bits per heavy atom. The Labute approximate surface area is 145 Å². The van der Waals surface area contributed by atoms with Crippen molar-refractivity contribution in [3.05, 3.63) is 72.3 Å². The summed E-state index contributed by atoms with van der Waals surface area (Å²) in [7, 11) is -3.17. The van der Waals surface area contributed by atoms with Crippen LogP contribution < -0.4 is 5.32 Å². The summed E-state index contributed by atoms with van der Waals surface area (Å²) in [5.41, 5.74) is 2.21. The minimum absolute atomic E-state index is 0.107. The van der Waals surface area contributed by atoms with Crippen molar-refractivity contribution in [1.82, 2.24) is 14.8 Å². The molecule has 0 aliphatic rings. The quantitative estimate of drug-likeness (QED) is 0.755. The molecule has 0 bridgehead atoms. The number of amides is 1. The normalized spacial score (nSPS) is 11.2. The van der Waals surface area contributed by atoms with Crippen LogP contribution in [0, 0.1) is 0 Å². The molecule has 8 heteroatoms. The van der Waals surface area contributed by atoms with Crippen molar-refractivity contribution in [2.75, 3.05) is 11.6 Å². The van der Waals surface area contributed by atoms with E-state index in [0.29, 0.717) is 22.5 Å². The number of aromatic nitrogens is 3. The molecule has 1 amide bonds. The summed E-state index contributed by atoms with van der Waals surface area (Å²) < 4.78 is 24.4. The van der Waals surface area contributed by atoms with Gasteiger partial charge >= 0.3 is 0 Å². The first-order valence-electron chi connectivity index (χ1n) is 7.44. The van der Waals surface area contributed by atoms with E-state index in [1.807, 2.05) is 12.1 Å². The number of sulfone groups is 1. The van der Waals surface area contributed by atoms with Crippen LogP contribution in [0.2, 0.25) is 0 Å². The highest BCUT2D eigenvalue weighted by molar-refractivity contribution is 7.89. The summed E-state index contributed by atoms with van der Waals surface area (Å²) in [6.07, 6.45) is 4.11. The lowest BCUT2D eigenvalue weighted by atomic mass is 10.1. The molecule has 0 radical (unpaired) electrons. The molecule has 1 aromatic heterocycles. The number of nitrogens with zero attached hydrogens (tertiary/aromatic N) is 3. The molecule has 7 nitrogen and oxygen atoms in total. The minimum atomic E-state index is -3.17. The summed E-state index contributed by atoms with van der Waals surface area (Å²) in [5.74, 6) is -0.438.